The van der Waals surface area contributed by atoms with E-state index >= 15 is 0 Å². The molecule has 0 aliphatic carbocycles. The molecule has 1 aliphatic rings. The fraction of sp³-hybridized carbons (Fsp3) is 0.192. The van der Waals surface area contributed by atoms with Gasteiger partial charge in [-0.3, -0.25) is 9.36 Å². The molecule has 0 saturated heterocycles. The molecule has 3 aromatic carbocycles. The highest BCUT2D eigenvalue weighted by atomic mass is 35.5. The van der Waals surface area contributed by atoms with Crippen LogP contribution in [0.2, 0.25) is 5.02 Å². The summed E-state index contributed by atoms with van der Waals surface area (Å²) >= 11 is 7.75. The van der Waals surface area contributed by atoms with Gasteiger partial charge in [0, 0.05) is 30.0 Å². The van der Waals surface area contributed by atoms with Gasteiger partial charge in [0.1, 0.15) is 6.61 Å². The van der Waals surface area contributed by atoms with Gasteiger partial charge in [-0.05, 0) is 53.6 Å². The lowest BCUT2D eigenvalue weighted by atomic mass is 10.1. The normalized spacial score (nSPS) is 12.1. The summed E-state index contributed by atoms with van der Waals surface area (Å²) in [4.78, 5) is 12.6. The molecular weight excluding hydrogens is 500 g/mol. The Balaban J connectivity index is 1.21. The standard InChI is InChI=1S/C26H23ClN4O4S/c1-33-14-24-29-30-26(31(24)21-4-2-3-20(27)12-21)36-15-17-5-8-19(9-6-17)25(32)28-13-18-7-10-22-23(11-18)35-16-34-22/h2-12H,13-16H2,1H3,(H,28,32). The number of hydrogen-bond donors (Lipinski definition) is 1. The van der Waals surface area contributed by atoms with Crippen LogP contribution in [0.15, 0.2) is 71.9 Å². The monoisotopic (exact) mass is 522 g/mol. The Morgan fingerprint density at radius 3 is 2.67 bits per heavy atom. The Bertz CT molecular complexity index is 1380. The largest absolute Gasteiger partial charge is 0.454 e. The van der Waals surface area contributed by atoms with Gasteiger partial charge >= 0.3 is 0 Å². The van der Waals surface area contributed by atoms with E-state index in [1.165, 1.54) is 0 Å². The molecule has 0 bridgehead atoms. The van der Waals surface area contributed by atoms with Gasteiger partial charge in [-0.25, -0.2) is 0 Å². The summed E-state index contributed by atoms with van der Waals surface area (Å²) in [6, 6.07) is 20.7. The van der Waals surface area contributed by atoms with Crippen LogP contribution in [0.1, 0.15) is 27.3 Å². The molecule has 0 atom stereocenters. The first-order valence-corrected chi connectivity index (χ1v) is 12.5. The SMILES string of the molecule is COCc1nnc(SCc2ccc(C(=O)NCc3ccc4c(c3)OCO4)cc2)n1-c1cccc(Cl)c1. The Morgan fingerprint density at radius 1 is 1.06 bits per heavy atom. The van der Waals surface area contributed by atoms with Crippen molar-refractivity contribution in [2.24, 2.45) is 0 Å². The van der Waals surface area contributed by atoms with Crippen molar-refractivity contribution in [3.8, 4) is 17.2 Å². The molecule has 1 amide bonds. The van der Waals surface area contributed by atoms with Crippen LogP contribution in [0, 0.1) is 0 Å². The highest BCUT2D eigenvalue weighted by molar-refractivity contribution is 7.98. The van der Waals surface area contributed by atoms with Crippen LogP contribution in [0.4, 0.5) is 0 Å². The Morgan fingerprint density at radius 2 is 1.86 bits per heavy atom. The first-order chi connectivity index (χ1) is 17.6. The van der Waals surface area contributed by atoms with Crippen molar-refractivity contribution < 1.29 is 19.0 Å². The van der Waals surface area contributed by atoms with E-state index in [0.29, 0.717) is 41.1 Å². The Hall–Kier alpha value is -3.53. The minimum atomic E-state index is -0.142. The Labute approximate surface area is 217 Å². The molecule has 1 aromatic heterocycles. The lowest BCUT2D eigenvalue weighted by molar-refractivity contribution is 0.0951. The maximum absolute atomic E-state index is 12.6. The van der Waals surface area contributed by atoms with Crippen molar-refractivity contribution in [2.45, 2.75) is 24.1 Å². The van der Waals surface area contributed by atoms with E-state index in [9.17, 15) is 4.79 Å². The van der Waals surface area contributed by atoms with Crippen LogP contribution in [-0.4, -0.2) is 34.6 Å². The third-order valence-corrected chi connectivity index (χ3v) is 6.75. The molecule has 0 spiro atoms. The van der Waals surface area contributed by atoms with Gasteiger partial charge in [0.15, 0.2) is 22.5 Å². The zero-order valence-corrected chi connectivity index (χ0v) is 21.0. The first-order valence-electron chi connectivity index (χ1n) is 11.2. The second kappa shape index (κ2) is 11.0. The number of hydrogen-bond acceptors (Lipinski definition) is 7. The van der Waals surface area contributed by atoms with Crippen molar-refractivity contribution >= 4 is 29.3 Å². The van der Waals surface area contributed by atoms with Gasteiger partial charge in [-0.15, -0.1) is 10.2 Å². The minimum absolute atomic E-state index is 0.142. The minimum Gasteiger partial charge on any atom is -0.454 e. The van der Waals surface area contributed by atoms with Crippen molar-refractivity contribution in [1.82, 2.24) is 20.1 Å². The van der Waals surface area contributed by atoms with Crippen molar-refractivity contribution in [2.75, 3.05) is 13.9 Å². The summed E-state index contributed by atoms with van der Waals surface area (Å²) in [7, 11) is 1.62. The summed E-state index contributed by atoms with van der Waals surface area (Å²) in [5, 5.41) is 12.9. The third-order valence-electron chi connectivity index (χ3n) is 5.51. The van der Waals surface area contributed by atoms with Crippen LogP contribution >= 0.6 is 23.4 Å². The number of nitrogens with zero attached hydrogens (tertiary/aromatic N) is 3. The van der Waals surface area contributed by atoms with Crippen LogP contribution < -0.4 is 14.8 Å². The number of carbonyl (C=O) groups is 1. The number of methoxy groups -OCH3 is 1. The predicted octanol–water partition coefficient (Wildman–Crippen LogP) is 5.02. The average molecular weight is 523 g/mol. The van der Waals surface area contributed by atoms with Gasteiger partial charge < -0.3 is 19.5 Å². The number of aromatic nitrogens is 3. The van der Waals surface area contributed by atoms with Crippen LogP contribution in [0.25, 0.3) is 5.69 Å². The highest BCUT2D eigenvalue weighted by Crippen LogP contribution is 2.32. The molecule has 5 rings (SSSR count). The van der Waals surface area contributed by atoms with Crippen molar-refractivity contribution in [3.05, 3.63) is 94.3 Å². The summed E-state index contributed by atoms with van der Waals surface area (Å²) < 4.78 is 17.9. The number of amides is 1. The number of rotatable bonds is 9. The molecule has 10 heteroatoms. The quantitative estimate of drug-likeness (QED) is 0.309. The average Bonchev–Trinajstić information content (AvgIpc) is 3.53. The summed E-state index contributed by atoms with van der Waals surface area (Å²) in [5.74, 6) is 2.63. The molecule has 0 saturated carbocycles. The van der Waals surface area contributed by atoms with E-state index < -0.39 is 0 Å². The number of ether oxygens (including phenoxy) is 3. The van der Waals surface area contributed by atoms with Crippen molar-refractivity contribution in [1.29, 1.82) is 0 Å². The molecule has 184 valence electrons. The second-order valence-corrected chi connectivity index (χ2v) is 9.38. The lowest BCUT2D eigenvalue weighted by Gasteiger charge is -2.10. The molecule has 8 nitrogen and oxygen atoms in total. The van der Waals surface area contributed by atoms with E-state index in [0.717, 1.165) is 27.7 Å². The number of benzene rings is 3. The van der Waals surface area contributed by atoms with E-state index in [4.69, 9.17) is 25.8 Å². The molecule has 36 heavy (non-hydrogen) atoms. The number of thioether (sulfide) groups is 1. The summed E-state index contributed by atoms with van der Waals surface area (Å²) in [6.45, 7) is 0.954. The molecule has 0 unspecified atom stereocenters. The van der Waals surface area contributed by atoms with Gasteiger partial charge in [0.05, 0.1) is 5.69 Å². The van der Waals surface area contributed by atoms with Crippen molar-refractivity contribution in [3.63, 3.8) is 0 Å². The molecule has 4 aromatic rings. The topological polar surface area (TPSA) is 87.5 Å². The maximum atomic E-state index is 12.6. The van der Waals surface area contributed by atoms with Gasteiger partial charge in [-0.2, -0.15) is 0 Å². The molecule has 2 heterocycles. The van der Waals surface area contributed by atoms with E-state index in [1.807, 2.05) is 71.3 Å². The molecule has 1 N–H and O–H groups in total. The van der Waals surface area contributed by atoms with Gasteiger partial charge in [0.25, 0.3) is 5.91 Å². The van der Waals surface area contributed by atoms with Crippen LogP contribution in [0.5, 0.6) is 11.5 Å². The Kier molecular flexibility index (Phi) is 7.41. The second-order valence-electron chi connectivity index (χ2n) is 8.00. The number of carbonyl (C=O) groups excluding carboxylic acids is 1. The maximum Gasteiger partial charge on any atom is 0.251 e. The van der Waals surface area contributed by atoms with E-state index in [-0.39, 0.29) is 12.7 Å². The van der Waals surface area contributed by atoms with E-state index in [2.05, 4.69) is 15.5 Å². The predicted molar refractivity (Wildman–Crippen MR) is 137 cm³/mol. The summed E-state index contributed by atoms with van der Waals surface area (Å²) in [6.07, 6.45) is 0. The van der Waals surface area contributed by atoms with E-state index in [1.54, 1.807) is 18.9 Å². The highest BCUT2D eigenvalue weighted by Gasteiger charge is 2.16. The number of halogens is 1. The first kappa shape index (κ1) is 24.2. The van der Waals surface area contributed by atoms with Gasteiger partial charge in [0.2, 0.25) is 6.79 Å². The third kappa shape index (κ3) is 5.48. The number of fused-ring (bicyclic) bond motifs is 1. The number of nitrogens with one attached hydrogen (secondary N) is 1. The summed E-state index contributed by atoms with van der Waals surface area (Å²) in [5.41, 5.74) is 3.46. The molecular formula is C26H23ClN4O4S. The van der Waals surface area contributed by atoms with Crippen LogP contribution in [-0.2, 0) is 23.6 Å². The molecule has 0 fully saturated rings. The fourth-order valence-electron chi connectivity index (χ4n) is 3.73. The van der Waals surface area contributed by atoms with Crippen LogP contribution in [0.3, 0.4) is 0 Å². The zero-order chi connectivity index (χ0) is 24.9. The zero-order valence-electron chi connectivity index (χ0n) is 19.4. The van der Waals surface area contributed by atoms with Gasteiger partial charge in [-0.1, -0.05) is 47.6 Å². The molecule has 1 aliphatic heterocycles. The molecule has 0 radical (unpaired) electrons. The fourth-order valence-corrected chi connectivity index (χ4v) is 4.84. The lowest BCUT2D eigenvalue weighted by Crippen LogP contribution is -2.22. The smallest absolute Gasteiger partial charge is 0.251 e.